The fourth-order valence-corrected chi connectivity index (χ4v) is 4.00. The van der Waals surface area contributed by atoms with E-state index in [4.69, 9.17) is 30.5 Å². The number of nitrogens with zero attached hydrogens (tertiary/aromatic N) is 1. The molecule has 196 valence electrons. The van der Waals surface area contributed by atoms with Crippen LogP contribution in [0.25, 0.3) is 0 Å². The van der Waals surface area contributed by atoms with Gasteiger partial charge in [0.15, 0.2) is 0 Å². The highest BCUT2D eigenvalue weighted by Gasteiger charge is 2.40. The minimum absolute atomic E-state index is 0.137. The van der Waals surface area contributed by atoms with Gasteiger partial charge in [0.1, 0.15) is 33.7 Å². The molecule has 0 unspecified atom stereocenters. The van der Waals surface area contributed by atoms with Gasteiger partial charge in [0.25, 0.3) is 17.7 Å². The van der Waals surface area contributed by atoms with Gasteiger partial charge < -0.3 is 29.6 Å². The molecule has 0 saturated carbocycles. The summed E-state index contributed by atoms with van der Waals surface area (Å²) in [5, 5.41) is 5.36. The molecule has 11 heteroatoms. The Bertz CT molecular complexity index is 1450. The predicted octanol–water partition coefficient (Wildman–Crippen LogP) is 4.41. The summed E-state index contributed by atoms with van der Waals surface area (Å²) in [6.07, 6.45) is 0. The first-order chi connectivity index (χ1) is 18.3. The molecular weight excluding hydrogens is 514 g/mol. The van der Waals surface area contributed by atoms with Crippen molar-refractivity contribution in [2.75, 3.05) is 44.0 Å². The third-order valence-corrected chi connectivity index (χ3v) is 6.05. The average Bonchev–Trinajstić information content (AvgIpc) is 3.15. The fraction of sp³-hybridized carbons (Fsp3) is 0.148. The van der Waals surface area contributed by atoms with Crippen LogP contribution in [-0.2, 0) is 9.59 Å². The molecule has 1 heterocycles. The van der Waals surface area contributed by atoms with Crippen LogP contribution in [0.2, 0.25) is 0 Å². The van der Waals surface area contributed by atoms with Gasteiger partial charge in [-0.05, 0) is 42.5 Å². The van der Waals surface area contributed by atoms with Gasteiger partial charge in [-0.15, -0.1) is 0 Å². The lowest BCUT2D eigenvalue weighted by Gasteiger charge is -2.18. The number of nitrogens with one attached hydrogen (secondary N) is 2. The lowest BCUT2D eigenvalue weighted by atomic mass is 10.1. The van der Waals surface area contributed by atoms with Gasteiger partial charge in [-0.25, -0.2) is 4.90 Å². The van der Waals surface area contributed by atoms with Crippen LogP contribution in [0.3, 0.4) is 0 Å². The van der Waals surface area contributed by atoms with Crippen molar-refractivity contribution in [1.29, 1.82) is 0 Å². The molecular formula is C27H24ClN3O7. The lowest BCUT2D eigenvalue weighted by Crippen LogP contribution is -2.32. The highest BCUT2D eigenvalue weighted by atomic mass is 35.5. The van der Waals surface area contributed by atoms with E-state index in [0.717, 1.165) is 4.90 Å². The summed E-state index contributed by atoms with van der Waals surface area (Å²) in [7, 11) is 5.91. The van der Waals surface area contributed by atoms with Crippen LogP contribution in [-0.4, -0.2) is 46.2 Å². The molecule has 3 aromatic rings. The van der Waals surface area contributed by atoms with E-state index in [-0.39, 0.29) is 27.7 Å². The number of amides is 3. The van der Waals surface area contributed by atoms with E-state index in [1.165, 1.54) is 40.6 Å². The second kappa shape index (κ2) is 11.1. The van der Waals surface area contributed by atoms with Gasteiger partial charge in [-0.1, -0.05) is 17.7 Å². The number of carbonyl (C=O) groups excluding carboxylic acids is 3. The molecule has 0 spiro atoms. The Kier molecular flexibility index (Phi) is 7.73. The maximum absolute atomic E-state index is 13.3. The van der Waals surface area contributed by atoms with E-state index in [1.54, 1.807) is 48.5 Å². The molecule has 0 aliphatic carbocycles. The number of imide groups is 1. The smallest absolute Gasteiger partial charge is 0.283 e. The molecule has 0 aromatic heterocycles. The average molecular weight is 538 g/mol. The second-order valence-corrected chi connectivity index (χ2v) is 8.28. The summed E-state index contributed by atoms with van der Waals surface area (Å²) in [6.45, 7) is 0. The van der Waals surface area contributed by atoms with Gasteiger partial charge in [0.05, 0.1) is 39.8 Å². The Balaban J connectivity index is 1.57. The molecule has 3 amide bonds. The highest BCUT2D eigenvalue weighted by molar-refractivity contribution is 6.53. The zero-order valence-electron chi connectivity index (χ0n) is 21.0. The van der Waals surface area contributed by atoms with Crippen LogP contribution in [0.5, 0.6) is 23.0 Å². The molecule has 2 N–H and O–H groups in total. The summed E-state index contributed by atoms with van der Waals surface area (Å²) >= 11 is 6.28. The highest BCUT2D eigenvalue weighted by Crippen LogP contribution is 2.38. The molecule has 0 fully saturated rings. The van der Waals surface area contributed by atoms with E-state index in [2.05, 4.69) is 10.6 Å². The second-order valence-electron chi connectivity index (χ2n) is 7.90. The number of benzene rings is 3. The number of ether oxygens (including phenoxy) is 4. The number of hydrogen-bond donors (Lipinski definition) is 2. The van der Waals surface area contributed by atoms with Crippen molar-refractivity contribution in [3.05, 3.63) is 77.0 Å². The van der Waals surface area contributed by atoms with Crippen molar-refractivity contribution in [1.82, 2.24) is 0 Å². The minimum Gasteiger partial charge on any atom is -0.497 e. The van der Waals surface area contributed by atoms with Gasteiger partial charge in [-0.3, -0.25) is 14.4 Å². The van der Waals surface area contributed by atoms with Crippen LogP contribution in [0.15, 0.2) is 71.4 Å². The van der Waals surface area contributed by atoms with E-state index in [0.29, 0.717) is 28.6 Å². The molecule has 3 aromatic carbocycles. The summed E-state index contributed by atoms with van der Waals surface area (Å²) in [5.74, 6) is -0.0954. The lowest BCUT2D eigenvalue weighted by molar-refractivity contribution is -0.120. The number of hydrogen-bond acceptors (Lipinski definition) is 8. The fourth-order valence-electron chi connectivity index (χ4n) is 3.79. The number of anilines is 3. The Hall–Kier alpha value is -4.70. The van der Waals surface area contributed by atoms with Crippen LogP contribution >= 0.6 is 11.6 Å². The van der Waals surface area contributed by atoms with Gasteiger partial charge >= 0.3 is 0 Å². The number of halogens is 1. The Morgan fingerprint density at radius 2 is 1.47 bits per heavy atom. The first-order valence-electron chi connectivity index (χ1n) is 11.2. The standard InChI is InChI=1S/C27H24ClN3O7/c1-35-17-9-11-21(37-3)19(13-17)30-25(32)15-6-5-7-16(12-15)29-24-23(28)26(33)31(27(24)34)20-10-8-18(36-2)14-22(20)38-4/h5-14,29H,1-4H3,(H,30,32). The van der Waals surface area contributed by atoms with Crippen molar-refractivity contribution in [2.24, 2.45) is 0 Å². The molecule has 0 bridgehead atoms. The number of rotatable bonds is 9. The van der Waals surface area contributed by atoms with Crippen molar-refractivity contribution in [3.8, 4) is 23.0 Å². The SMILES string of the molecule is COc1ccc(OC)c(NC(=O)c2cccc(NC3=C(Cl)C(=O)N(c4ccc(OC)cc4OC)C3=O)c2)c1. The van der Waals surface area contributed by atoms with Crippen molar-refractivity contribution in [2.45, 2.75) is 0 Å². The molecule has 10 nitrogen and oxygen atoms in total. The summed E-state index contributed by atoms with van der Waals surface area (Å²) < 4.78 is 21.0. The monoisotopic (exact) mass is 537 g/mol. The van der Waals surface area contributed by atoms with Crippen LogP contribution in [0.4, 0.5) is 17.1 Å². The molecule has 1 aliphatic heterocycles. The van der Waals surface area contributed by atoms with Gasteiger partial charge in [-0.2, -0.15) is 0 Å². The van der Waals surface area contributed by atoms with Crippen LogP contribution < -0.4 is 34.5 Å². The molecule has 0 atom stereocenters. The first-order valence-corrected chi connectivity index (χ1v) is 11.6. The Morgan fingerprint density at radius 1 is 0.789 bits per heavy atom. The van der Waals surface area contributed by atoms with Gasteiger partial charge in [0.2, 0.25) is 0 Å². The van der Waals surface area contributed by atoms with Crippen molar-refractivity contribution >= 4 is 46.4 Å². The predicted molar refractivity (Wildman–Crippen MR) is 142 cm³/mol. The minimum atomic E-state index is -0.721. The summed E-state index contributed by atoms with van der Waals surface area (Å²) in [4.78, 5) is 40.1. The number of methoxy groups -OCH3 is 4. The van der Waals surface area contributed by atoms with E-state index in [1.807, 2.05) is 0 Å². The molecule has 4 rings (SSSR count). The third-order valence-electron chi connectivity index (χ3n) is 5.70. The molecule has 0 saturated heterocycles. The maximum Gasteiger partial charge on any atom is 0.283 e. The molecule has 1 aliphatic rings. The third kappa shape index (κ3) is 5.07. The summed E-state index contributed by atoms with van der Waals surface area (Å²) in [6, 6.07) is 16.1. The van der Waals surface area contributed by atoms with E-state index in [9.17, 15) is 14.4 Å². The van der Waals surface area contributed by atoms with E-state index >= 15 is 0 Å². The van der Waals surface area contributed by atoms with Crippen molar-refractivity contribution in [3.63, 3.8) is 0 Å². The molecule has 0 radical (unpaired) electrons. The van der Waals surface area contributed by atoms with Gasteiger partial charge in [0, 0.05) is 23.4 Å². The van der Waals surface area contributed by atoms with Crippen LogP contribution in [0, 0.1) is 0 Å². The maximum atomic E-state index is 13.3. The largest absolute Gasteiger partial charge is 0.497 e. The quantitative estimate of drug-likeness (QED) is 0.386. The molecule has 38 heavy (non-hydrogen) atoms. The number of carbonyl (C=O) groups is 3. The summed E-state index contributed by atoms with van der Waals surface area (Å²) in [5.41, 5.74) is 1.14. The Labute approximate surface area is 223 Å². The van der Waals surface area contributed by atoms with Crippen molar-refractivity contribution < 1.29 is 33.3 Å². The normalized spacial score (nSPS) is 12.9. The van der Waals surface area contributed by atoms with E-state index < -0.39 is 17.7 Å². The zero-order chi connectivity index (χ0) is 27.4. The Morgan fingerprint density at radius 3 is 2.16 bits per heavy atom. The van der Waals surface area contributed by atoms with Crippen LogP contribution in [0.1, 0.15) is 10.4 Å². The topological polar surface area (TPSA) is 115 Å². The zero-order valence-corrected chi connectivity index (χ0v) is 21.7. The first kappa shape index (κ1) is 26.4.